The van der Waals surface area contributed by atoms with Crippen LogP contribution in [0, 0.1) is 5.92 Å². The number of para-hydroxylation sites is 1. The van der Waals surface area contributed by atoms with Crippen molar-refractivity contribution in [3.05, 3.63) is 29.8 Å². The number of nitrogens with one attached hydrogen (secondary N) is 1. The molecule has 1 aromatic carbocycles. The third-order valence-corrected chi connectivity index (χ3v) is 4.32. The zero-order valence-electron chi connectivity index (χ0n) is 11.5. The molecule has 1 aromatic rings. The molecule has 1 unspecified atom stereocenters. The van der Waals surface area contributed by atoms with Crippen LogP contribution in [0.3, 0.4) is 0 Å². The number of fused-ring (bicyclic) bond motifs is 1. The monoisotopic (exact) mass is 275 g/mol. The van der Waals surface area contributed by atoms with Gasteiger partial charge in [-0.05, 0) is 43.2 Å². The second-order valence-electron chi connectivity index (χ2n) is 5.84. The Morgan fingerprint density at radius 2 is 2.00 bits per heavy atom. The maximum atomic E-state index is 12.1. The number of aliphatic hydroxyl groups excluding tert-OH is 1. The number of hydrogen-bond donors (Lipinski definition) is 2. The molecule has 1 heterocycles. The molecule has 3 rings (SSSR count). The fourth-order valence-corrected chi connectivity index (χ4v) is 3.04. The average Bonchev–Trinajstić information content (AvgIpc) is 2.90. The number of amides is 1. The molecule has 1 saturated carbocycles. The van der Waals surface area contributed by atoms with Crippen molar-refractivity contribution in [3.8, 4) is 5.75 Å². The summed E-state index contributed by atoms with van der Waals surface area (Å²) >= 11 is 0. The number of hydrogen-bond acceptors (Lipinski definition) is 3. The third-order valence-electron chi connectivity index (χ3n) is 4.32. The van der Waals surface area contributed by atoms with Crippen LogP contribution < -0.4 is 10.1 Å². The highest BCUT2D eigenvalue weighted by Gasteiger charge is 2.29. The second kappa shape index (κ2) is 5.83. The van der Waals surface area contributed by atoms with Gasteiger partial charge in [-0.25, -0.2) is 0 Å². The Hall–Kier alpha value is -1.55. The van der Waals surface area contributed by atoms with Crippen molar-refractivity contribution in [2.45, 2.75) is 44.3 Å². The summed E-state index contributed by atoms with van der Waals surface area (Å²) in [7, 11) is 0. The highest BCUT2D eigenvalue weighted by Crippen LogP contribution is 2.28. The van der Waals surface area contributed by atoms with Crippen molar-refractivity contribution in [1.29, 1.82) is 0 Å². The molecule has 1 amide bonds. The average molecular weight is 275 g/mol. The molecule has 0 spiro atoms. The van der Waals surface area contributed by atoms with Gasteiger partial charge in [-0.2, -0.15) is 0 Å². The predicted octanol–water partition coefficient (Wildman–Crippen LogP) is 1.66. The molecule has 1 atom stereocenters. The Labute approximate surface area is 119 Å². The first-order valence-electron chi connectivity index (χ1n) is 7.42. The molecular weight excluding hydrogens is 254 g/mol. The van der Waals surface area contributed by atoms with Gasteiger partial charge in [0.1, 0.15) is 5.75 Å². The van der Waals surface area contributed by atoms with Crippen LogP contribution in [0.5, 0.6) is 5.75 Å². The molecule has 0 aromatic heterocycles. The van der Waals surface area contributed by atoms with Gasteiger partial charge < -0.3 is 15.2 Å². The van der Waals surface area contributed by atoms with E-state index in [2.05, 4.69) is 5.32 Å². The van der Waals surface area contributed by atoms with Crippen LogP contribution in [0.1, 0.15) is 31.2 Å². The minimum Gasteiger partial charge on any atom is -0.480 e. The summed E-state index contributed by atoms with van der Waals surface area (Å²) in [5, 5.41) is 12.5. The van der Waals surface area contributed by atoms with E-state index in [9.17, 15) is 9.90 Å². The number of aliphatic hydroxyl groups is 1. The molecular formula is C16H21NO3. The van der Waals surface area contributed by atoms with E-state index in [1.807, 2.05) is 24.3 Å². The van der Waals surface area contributed by atoms with Gasteiger partial charge in [0.25, 0.3) is 5.91 Å². The van der Waals surface area contributed by atoms with Gasteiger partial charge in [0.15, 0.2) is 6.10 Å². The summed E-state index contributed by atoms with van der Waals surface area (Å²) in [5.41, 5.74) is 1.11. The molecule has 4 heteroatoms. The minimum absolute atomic E-state index is 0.0210. The van der Waals surface area contributed by atoms with Gasteiger partial charge in [0.2, 0.25) is 0 Å². The third kappa shape index (κ3) is 2.96. The van der Waals surface area contributed by atoms with Gasteiger partial charge in [-0.1, -0.05) is 18.2 Å². The van der Waals surface area contributed by atoms with Crippen LogP contribution in [0.25, 0.3) is 0 Å². The van der Waals surface area contributed by atoms with E-state index in [-0.39, 0.29) is 18.1 Å². The molecule has 0 bridgehead atoms. The van der Waals surface area contributed by atoms with Gasteiger partial charge in [-0.3, -0.25) is 4.79 Å². The van der Waals surface area contributed by atoms with Crippen LogP contribution in [0.2, 0.25) is 0 Å². The largest absolute Gasteiger partial charge is 0.480 e. The van der Waals surface area contributed by atoms with Crippen molar-refractivity contribution < 1.29 is 14.6 Å². The molecule has 108 valence electrons. The van der Waals surface area contributed by atoms with Gasteiger partial charge >= 0.3 is 0 Å². The molecule has 1 aliphatic heterocycles. The number of carbonyl (C=O) groups is 1. The van der Waals surface area contributed by atoms with E-state index in [4.69, 9.17) is 4.74 Å². The number of ether oxygens (including phenoxy) is 1. The van der Waals surface area contributed by atoms with Crippen molar-refractivity contribution >= 4 is 5.91 Å². The summed E-state index contributed by atoms with van der Waals surface area (Å²) in [6, 6.07) is 7.80. The fraction of sp³-hybridized carbons (Fsp3) is 0.562. The summed E-state index contributed by atoms with van der Waals surface area (Å²) in [6.07, 6.45) is 3.82. The van der Waals surface area contributed by atoms with Crippen molar-refractivity contribution in [2.24, 2.45) is 5.92 Å². The second-order valence-corrected chi connectivity index (χ2v) is 5.84. The lowest BCUT2D eigenvalue weighted by atomic mass is 9.87. The summed E-state index contributed by atoms with van der Waals surface area (Å²) in [5.74, 6) is 1.30. The van der Waals surface area contributed by atoms with E-state index in [0.717, 1.165) is 37.0 Å². The van der Waals surface area contributed by atoms with Gasteiger partial charge in [0, 0.05) is 13.0 Å². The topological polar surface area (TPSA) is 58.6 Å². The maximum absolute atomic E-state index is 12.1. The number of benzene rings is 1. The zero-order chi connectivity index (χ0) is 13.9. The molecule has 2 N–H and O–H groups in total. The molecule has 1 aliphatic carbocycles. The molecule has 1 fully saturated rings. The Morgan fingerprint density at radius 1 is 1.25 bits per heavy atom. The van der Waals surface area contributed by atoms with Crippen molar-refractivity contribution in [2.75, 3.05) is 6.54 Å². The lowest BCUT2D eigenvalue weighted by Crippen LogP contribution is -2.40. The summed E-state index contributed by atoms with van der Waals surface area (Å²) in [6.45, 7) is 0.696. The Morgan fingerprint density at radius 3 is 2.75 bits per heavy atom. The Kier molecular flexibility index (Phi) is 3.92. The van der Waals surface area contributed by atoms with Crippen LogP contribution in [0.4, 0.5) is 0 Å². The van der Waals surface area contributed by atoms with Crippen molar-refractivity contribution in [1.82, 2.24) is 5.32 Å². The first-order valence-corrected chi connectivity index (χ1v) is 7.42. The van der Waals surface area contributed by atoms with Crippen LogP contribution in [-0.4, -0.2) is 29.8 Å². The van der Waals surface area contributed by atoms with E-state index in [1.165, 1.54) is 0 Å². The normalized spacial score (nSPS) is 28.6. The molecule has 20 heavy (non-hydrogen) atoms. The zero-order valence-corrected chi connectivity index (χ0v) is 11.5. The quantitative estimate of drug-likeness (QED) is 0.882. The fourth-order valence-electron chi connectivity index (χ4n) is 3.04. The summed E-state index contributed by atoms with van der Waals surface area (Å²) in [4.78, 5) is 12.1. The van der Waals surface area contributed by atoms with Crippen LogP contribution in [0.15, 0.2) is 24.3 Å². The van der Waals surface area contributed by atoms with E-state index < -0.39 is 0 Å². The molecule has 0 saturated heterocycles. The molecule has 0 radical (unpaired) electrons. The van der Waals surface area contributed by atoms with Gasteiger partial charge in [-0.15, -0.1) is 0 Å². The Bertz CT molecular complexity index is 455. The Balaban J connectivity index is 1.47. The lowest BCUT2D eigenvalue weighted by molar-refractivity contribution is -0.127. The first-order chi connectivity index (χ1) is 9.72. The standard InChI is InChI=1S/C16H21NO3/c18-13-7-5-11(6-8-13)10-17-16(19)15-9-12-3-1-2-4-14(12)20-15/h1-4,11,13,15,18H,5-10H2,(H,17,19). The van der Waals surface area contributed by atoms with Crippen LogP contribution >= 0.6 is 0 Å². The first kappa shape index (κ1) is 13.4. The highest BCUT2D eigenvalue weighted by molar-refractivity contribution is 5.82. The van der Waals surface area contributed by atoms with Gasteiger partial charge in [0.05, 0.1) is 6.10 Å². The molecule has 4 nitrogen and oxygen atoms in total. The van der Waals surface area contributed by atoms with Crippen molar-refractivity contribution in [3.63, 3.8) is 0 Å². The minimum atomic E-state index is -0.387. The molecule has 2 aliphatic rings. The van der Waals surface area contributed by atoms with E-state index >= 15 is 0 Å². The maximum Gasteiger partial charge on any atom is 0.261 e. The smallest absolute Gasteiger partial charge is 0.261 e. The lowest BCUT2D eigenvalue weighted by Gasteiger charge is -2.25. The predicted molar refractivity (Wildman–Crippen MR) is 75.5 cm³/mol. The van der Waals surface area contributed by atoms with E-state index in [0.29, 0.717) is 18.9 Å². The summed E-state index contributed by atoms with van der Waals surface area (Å²) < 4.78 is 5.67. The van der Waals surface area contributed by atoms with E-state index in [1.54, 1.807) is 0 Å². The highest BCUT2D eigenvalue weighted by atomic mass is 16.5. The number of rotatable bonds is 3. The number of carbonyl (C=O) groups excluding carboxylic acids is 1. The van der Waals surface area contributed by atoms with Crippen LogP contribution in [-0.2, 0) is 11.2 Å². The SMILES string of the molecule is O=C(NCC1CCC(O)CC1)C1Cc2ccccc2O1.